The molecule has 0 amide bonds. The monoisotopic (exact) mass is 113 g/mol. The van der Waals surface area contributed by atoms with Crippen molar-refractivity contribution in [3.05, 3.63) is 0 Å². The Morgan fingerprint density at radius 3 is 2.38 bits per heavy atom. The molecule has 0 heterocycles. The Balaban J connectivity index is 3.83. The minimum atomic E-state index is -0.104. The van der Waals surface area contributed by atoms with Crippen LogP contribution in [0.2, 0.25) is 0 Å². The third-order valence-corrected chi connectivity index (χ3v) is 1.10. The molecule has 0 rings (SSSR count). The summed E-state index contributed by atoms with van der Waals surface area (Å²) in [6.45, 7) is 10.5. The summed E-state index contributed by atoms with van der Waals surface area (Å²) in [4.78, 5) is 0. The molecule has 0 spiro atoms. The molecular weight excluding hydrogens is 109 g/mol. The van der Waals surface area contributed by atoms with Crippen molar-refractivity contribution in [2.24, 2.45) is 0 Å². The van der Waals surface area contributed by atoms with E-state index < -0.39 is 0 Å². The zero-order valence-corrected chi connectivity index (χ0v) is 5.69. The fraction of sp³-hybridized carbons (Fsp3) is 1.00. The van der Waals surface area contributed by atoms with E-state index in [0.29, 0.717) is 0 Å². The molecule has 0 N–H and O–H groups in total. The van der Waals surface area contributed by atoms with Crippen molar-refractivity contribution < 1.29 is 0 Å². The van der Waals surface area contributed by atoms with Gasteiger partial charge in [0.25, 0.3) is 0 Å². The quantitative estimate of drug-likeness (QED) is 0.382. The summed E-state index contributed by atoms with van der Waals surface area (Å²) in [6, 6.07) is 1.89. The van der Waals surface area contributed by atoms with Crippen LogP contribution in [0.25, 0.3) is 0 Å². The first kappa shape index (κ1) is 8.61. The van der Waals surface area contributed by atoms with Gasteiger partial charge >= 0.3 is 55.8 Å². The zero-order chi connectivity index (χ0) is 6.41. The second-order valence-electron chi connectivity index (χ2n) is 1.32. The van der Waals surface area contributed by atoms with Gasteiger partial charge in [-0.2, -0.15) is 0 Å². The van der Waals surface area contributed by atoms with Gasteiger partial charge in [0.15, 0.2) is 0 Å². The minimum absolute atomic E-state index is 0.104. The molecular formula is CH3B6S. The Hall–Kier alpha value is 0.610. The van der Waals surface area contributed by atoms with Gasteiger partial charge in [-0.15, -0.1) is 0 Å². The number of hydrogen-bond donors (Lipinski definition) is 0. The second-order valence-corrected chi connectivity index (χ2v) is 2.81. The van der Waals surface area contributed by atoms with Crippen molar-refractivity contribution in [2.75, 3.05) is 6.26 Å². The molecule has 0 unspecified atom stereocenters. The van der Waals surface area contributed by atoms with Crippen LogP contribution >= 0.6 is 9.56 Å². The van der Waals surface area contributed by atoms with Gasteiger partial charge in [0.1, 0.15) is 0 Å². The van der Waals surface area contributed by atoms with E-state index in [-0.39, 0.29) is 9.56 Å². The molecule has 0 saturated carbocycles. The van der Waals surface area contributed by atoms with Crippen LogP contribution in [-0.4, -0.2) is 46.3 Å². The van der Waals surface area contributed by atoms with Crippen LogP contribution in [0.15, 0.2) is 0 Å². The van der Waals surface area contributed by atoms with Crippen LogP contribution in [-0.2, 0) is 0 Å². The molecule has 7 heteroatoms. The van der Waals surface area contributed by atoms with Gasteiger partial charge < -0.3 is 0 Å². The summed E-state index contributed by atoms with van der Waals surface area (Å²) >= 11 is 0. The number of rotatable bonds is 2. The Kier molecular flexibility index (Phi) is 6.18. The van der Waals surface area contributed by atoms with E-state index in [1.165, 1.54) is 6.69 Å². The van der Waals surface area contributed by atoms with Crippen molar-refractivity contribution in [3.8, 4) is 0 Å². The maximum absolute atomic E-state index is 5.40. The molecule has 0 nitrogen and oxygen atoms in total. The molecule has 0 atom stereocenters. The molecule has 0 bridgehead atoms. The van der Waals surface area contributed by atoms with Gasteiger partial charge in [-0.05, 0) is 0 Å². The van der Waals surface area contributed by atoms with Crippen LogP contribution in [0, 0.1) is 0 Å². The fourth-order valence-electron chi connectivity index (χ4n) is 0.233. The summed E-state index contributed by atoms with van der Waals surface area (Å²) < 4.78 is 0. The van der Waals surface area contributed by atoms with Crippen LogP contribution in [0.4, 0.5) is 0 Å². The van der Waals surface area contributed by atoms with E-state index >= 15 is 0 Å². The van der Waals surface area contributed by atoms with Gasteiger partial charge in [0, 0.05) is 0 Å². The van der Waals surface area contributed by atoms with Gasteiger partial charge in [-0.3, -0.25) is 0 Å². The van der Waals surface area contributed by atoms with Gasteiger partial charge in [0.2, 0.25) is 0 Å². The first-order chi connectivity index (χ1) is 3.77. The van der Waals surface area contributed by atoms with E-state index in [0.717, 1.165) is 0 Å². The molecule has 0 aliphatic heterocycles. The molecule has 0 aliphatic carbocycles. The van der Waals surface area contributed by atoms with Crippen LogP contribution < -0.4 is 0 Å². The van der Waals surface area contributed by atoms with Gasteiger partial charge in [0.05, 0.1) is 0 Å². The molecule has 1 radical (unpaired) electrons. The fourth-order valence-corrected chi connectivity index (χ4v) is 0.572. The average molecular weight is 112 g/mol. The van der Waals surface area contributed by atoms with E-state index in [4.69, 9.17) is 13.9 Å². The topological polar surface area (TPSA) is 0 Å². The SMILES string of the molecule is [B]=BB=BB=S(#B)C. The molecule has 0 aromatic carbocycles. The third-order valence-electron chi connectivity index (χ3n) is 0.515. The van der Waals surface area contributed by atoms with Crippen molar-refractivity contribution in [1.29, 1.82) is 0 Å². The van der Waals surface area contributed by atoms with E-state index in [1.54, 1.807) is 6.69 Å². The Bertz CT molecular complexity index is 206. The molecule has 0 fully saturated rings. The Morgan fingerprint density at radius 2 is 2.00 bits per heavy atom. The van der Waals surface area contributed by atoms with E-state index in [2.05, 4.69) is 0 Å². The summed E-state index contributed by atoms with van der Waals surface area (Å²) in [7, 11) is 4.94. The van der Waals surface area contributed by atoms with Crippen molar-refractivity contribution in [2.45, 2.75) is 0 Å². The number of hydrogen-bond acceptors (Lipinski definition) is 0. The summed E-state index contributed by atoms with van der Waals surface area (Å²) in [5.41, 5.74) is 0. The third kappa shape index (κ3) is 6.61. The molecule has 0 aliphatic rings. The summed E-state index contributed by atoms with van der Waals surface area (Å²) in [5, 5.41) is 0. The van der Waals surface area contributed by atoms with Crippen molar-refractivity contribution >= 4 is 49.6 Å². The van der Waals surface area contributed by atoms with Gasteiger partial charge in [-0.1, -0.05) is 0 Å². The van der Waals surface area contributed by atoms with Crippen molar-refractivity contribution in [1.82, 2.24) is 0 Å². The first-order valence-corrected chi connectivity index (χ1v) is 3.97. The molecule has 8 heavy (non-hydrogen) atoms. The second kappa shape index (κ2) is 5.74. The Morgan fingerprint density at radius 1 is 1.38 bits per heavy atom. The van der Waals surface area contributed by atoms with Crippen molar-refractivity contribution in [3.63, 3.8) is 0 Å². The van der Waals surface area contributed by atoms with E-state index in [1.807, 2.05) is 19.0 Å². The van der Waals surface area contributed by atoms with Crippen LogP contribution in [0.3, 0.4) is 0 Å². The van der Waals surface area contributed by atoms with Crippen LogP contribution in [0.5, 0.6) is 0 Å². The zero-order valence-electron chi connectivity index (χ0n) is 4.87. The average Bonchev–Trinajstić information content (AvgIpc) is 1.66. The first-order valence-electron chi connectivity index (χ1n) is 2.21. The normalized spacial score (nSPS) is 9.00. The van der Waals surface area contributed by atoms with E-state index in [9.17, 15) is 0 Å². The molecule has 31 valence electrons. The Labute approximate surface area is 56.3 Å². The van der Waals surface area contributed by atoms with Crippen LogP contribution in [0.1, 0.15) is 0 Å². The molecule has 0 saturated heterocycles. The summed E-state index contributed by atoms with van der Waals surface area (Å²) in [5.74, 6) is 0. The molecule has 0 aromatic rings. The maximum atomic E-state index is 5.40. The predicted octanol–water partition coefficient (Wildman–Crippen LogP) is -1.47. The molecule has 0 aromatic heterocycles. The summed E-state index contributed by atoms with van der Waals surface area (Å²) in [6.07, 6.45) is 1.93. The predicted molar refractivity (Wildman–Crippen MR) is 48.0 cm³/mol. The standard InChI is InChI=1S/CH3B6S/c1-8(3)7-6-5-4-2/h1H3. The van der Waals surface area contributed by atoms with Gasteiger partial charge in [-0.25, -0.2) is 0 Å².